The lowest BCUT2D eigenvalue weighted by atomic mass is 10.1. The summed E-state index contributed by atoms with van der Waals surface area (Å²) in [5.74, 6) is 0.659. The van der Waals surface area contributed by atoms with Crippen LogP contribution in [-0.2, 0) is 4.79 Å². The summed E-state index contributed by atoms with van der Waals surface area (Å²) in [4.78, 5) is 19.6. The molecule has 1 amide bonds. The van der Waals surface area contributed by atoms with E-state index in [0.29, 0.717) is 18.1 Å². The van der Waals surface area contributed by atoms with Crippen molar-refractivity contribution in [2.24, 2.45) is 5.73 Å². The maximum absolute atomic E-state index is 11.7. The number of anilines is 2. The Morgan fingerprint density at radius 2 is 2.31 bits per heavy atom. The molecule has 4 N–H and O–H groups in total. The zero-order valence-electron chi connectivity index (χ0n) is 8.94. The summed E-state index contributed by atoms with van der Waals surface area (Å²) in [5.41, 5.74) is 6.06. The monoisotopic (exact) mass is 221 g/mol. The van der Waals surface area contributed by atoms with Gasteiger partial charge in [-0.2, -0.15) is 0 Å². The molecule has 0 spiro atoms. The van der Waals surface area contributed by atoms with Crippen LogP contribution in [0.15, 0.2) is 12.5 Å². The molecule has 16 heavy (non-hydrogen) atoms. The SMILES string of the molecule is NCCCCC1Nc2ncncc2NC1=O. The van der Waals surface area contributed by atoms with Gasteiger partial charge >= 0.3 is 0 Å². The van der Waals surface area contributed by atoms with Crippen LogP contribution in [0.25, 0.3) is 0 Å². The molecule has 0 bridgehead atoms. The van der Waals surface area contributed by atoms with Crippen molar-refractivity contribution in [3.8, 4) is 0 Å². The van der Waals surface area contributed by atoms with Gasteiger partial charge in [-0.1, -0.05) is 0 Å². The average Bonchev–Trinajstić information content (AvgIpc) is 2.30. The van der Waals surface area contributed by atoms with Crippen LogP contribution in [-0.4, -0.2) is 28.5 Å². The van der Waals surface area contributed by atoms with Crippen LogP contribution in [0.2, 0.25) is 0 Å². The van der Waals surface area contributed by atoms with Gasteiger partial charge in [-0.15, -0.1) is 0 Å². The molecule has 1 aliphatic heterocycles. The number of rotatable bonds is 4. The first-order valence-electron chi connectivity index (χ1n) is 5.38. The molecule has 0 aliphatic carbocycles. The fourth-order valence-electron chi connectivity index (χ4n) is 1.68. The summed E-state index contributed by atoms with van der Waals surface area (Å²) >= 11 is 0. The van der Waals surface area contributed by atoms with Crippen molar-refractivity contribution in [3.05, 3.63) is 12.5 Å². The summed E-state index contributed by atoms with van der Waals surface area (Å²) in [6.07, 6.45) is 5.68. The third-order valence-electron chi connectivity index (χ3n) is 2.54. The maximum Gasteiger partial charge on any atom is 0.247 e. The smallest absolute Gasteiger partial charge is 0.247 e. The van der Waals surface area contributed by atoms with E-state index in [0.717, 1.165) is 19.3 Å². The lowest BCUT2D eigenvalue weighted by Crippen LogP contribution is -2.39. The lowest BCUT2D eigenvalue weighted by Gasteiger charge is -2.25. The number of unbranched alkanes of at least 4 members (excludes halogenated alkanes) is 1. The molecule has 2 heterocycles. The quantitative estimate of drug-likeness (QED) is 0.637. The molecule has 0 saturated carbocycles. The van der Waals surface area contributed by atoms with E-state index in [2.05, 4.69) is 20.6 Å². The molecule has 6 nitrogen and oxygen atoms in total. The van der Waals surface area contributed by atoms with Gasteiger partial charge in [-0.3, -0.25) is 4.79 Å². The van der Waals surface area contributed by atoms with Gasteiger partial charge in [0.1, 0.15) is 18.1 Å². The molecule has 1 aromatic heterocycles. The van der Waals surface area contributed by atoms with E-state index < -0.39 is 0 Å². The minimum absolute atomic E-state index is 0.0284. The highest BCUT2D eigenvalue weighted by molar-refractivity contribution is 6.01. The van der Waals surface area contributed by atoms with E-state index in [1.165, 1.54) is 6.33 Å². The molecule has 6 heteroatoms. The van der Waals surface area contributed by atoms with Crippen molar-refractivity contribution in [2.45, 2.75) is 25.3 Å². The topological polar surface area (TPSA) is 92.9 Å². The van der Waals surface area contributed by atoms with Gasteiger partial charge in [0.15, 0.2) is 5.82 Å². The van der Waals surface area contributed by atoms with E-state index in [4.69, 9.17) is 5.73 Å². The summed E-state index contributed by atoms with van der Waals surface area (Å²) < 4.78 is 0. The molecule has 1 atom stereocenters. The predicted molar refractivity (Wildman–Crippen MR) is 61.0 cm³/mol. The molecule has 1 aliphatic rings. The Kier molecular flexibility index (Phi) is 3.31. The molecule has 2 rings (SSSR count). The van der Waals surface area contributed by atoms with Gasteiger partial charge in [0.05, 0.1) is 6.20 Å². The maximum atomic E-state index is 11.7. The van der Waals surface area contributed by atoms with Gasteiger partial charge < -0.3 is 16.4 Å². The Morgan fingerprint density at radius 3 is 3.12 bits per heavy atom. The Bertz CT molecular complexity index is 381. The highest BCUT2D eigenvalue weighted by atomic mass is 16.2. The van der Waals surface area contributed by atoms with Crippen molar-refractivity contribution in [1.82, 2.24) is 9.97 Å². The first kappa shape index (κ1) is 10.8. The van der Waals surface area contributed by atoms with Crippen LogP contribution >= 0.6 is 0 Å². The number of nitrogens with one attached hydrogen (secondary N) is 2. The van der Waals surface area contributed by atoms with Gasteiger partial charge in [0.2, 0.25) is 5.91 Å². The van der Waals surface area contributed by atoms with Gasteiger partial charge in [0.25, 0.3) is 0 Å². The molecule has 86 valence electrons. The van der Waals surface area contributed by atoms with Crippen molar-refractivity contribution in [1.29, 1.82) is 0 Å². The van der Waals surface area contributed by atoms with E-state index in [1.807, 2.05) is 0 Å². The highest BCUT2D eigenvalue weighted by Gasteiger charge is 2.25. The van der Waals surface area contributed by atoms with Crippen LogP contribution in [0.5, 0.6) is 0 Å². The highest BCUT2D eigenvalue weighted by Crippen LogP contribution is 2.23. The van der Waals surface area contributed by atoms with Crippen LogP contribution in [0.1, 0.15) is 19.3 Å². The number of hydrogen-bond donors (Lipinski definition) is 3. The normalized spacial score (nSPS) is 18.6. The minimum Gasteiger partial charge on any atom is -0.357 e. The second kappa shape index (κ2) is 4.89. The number of carbonyl (C=O) groups is 1. The first-order chi connectivity index (χ1) is 7.81. The first-order valence-corrected chi connectivity index (χ1v) is 5.38. The van der Waals surface area contributed by atoms with Gasteiger partial charge in [-0.05, 0) is 25.8 Å². The minimum atomic E-state index is -0.214. The standard InChI is InChI=1S/C10H15N5O/c11-4-2-1-3-7-10(16)15-8-5-12-6-13-9(8)14-7/h5-7H,1-4,11H2,(H,15,16)(H,12,13,14). The molecule has 0 aromatic carbocycles. The zero-order valence-corrected chi connectivity index (χ0v) is 8.94. The molecular weight excluding hydrogens is 206 g/mol. The summed E-state index contributed by atoms with van der Waals surface area (Å²) in [5, 5.41) is 5.88. The van der Waals surface area contributed by atoms with Crippen molar-refractivity contribution in [3.63, 3.8) is 0 Å². The fraction of sp³-hybridized carbons (Fsp3) is 0.500. The van der Waals surface area contributed by atoms with E-state index in [-0.39, 0.29) is 11.9 Å². The third-order valence-corrected chi connectivity index (χ3v) is 2.54. The Balaban J connectivity index is 2.01. The summed E-state index contributed by atoms with van der Waals surface area (Å²) in [6, 6.07) is -0.214. The zero-order chi connectivity index (χ0) is 11.4. The summed E-state index contributed by atoms with van der Waals surface area (Å²) in [7, 11) is 0. The Hall–Kier alpha value is -1.69. The fourth-order valence-corrected chi connectivity index (χ4v) is 1.68. The van der Waals surface area contributed by atoms with Crippen molar-refractivity contribution in [2.75, 3.05) is 17.2 Å². The molecular formula is C10H15N5O. The number of carbonyl (C=O) groups excluding carboxylic acids is 1. The lowest BCUT2D eigenvalue weighted by molar-refractivity contribution is -0.117. The van der Waals surface area contributed by atoms with Crippen molar-refractivity contribution < 1.29 is 4.79 Å². The Morgan fingerprint density at radius 1 is 1.44 bits per heavy atom. The number of aromatic nitrogens is 2. The van der Waals surface area contributed by atoms with Crippen molar-refractivity contribution >= 4 is 17.4 Å². The molecule has 0 saturated heterocycles. The summed E-state index contributed by atoms with van der Waals surface area (Å²) in [6.45, 7) is 0.660. The predicted octanol–water partition coefficient (Wildman–Crippen LogP) is 0.338. The second-order valence-corrected chi connectivity index (χ2v) is 3.76. The number of nitrogens with zero attached hydrogens (tertiary/aromatic N) is 2. The number of amides is 1. The van der Waals surface area contributed by atoms with Gasteiger partial charge in [0, 0.05) is 0 Å². The van der Waals surface area contributed by atoms with Gasteiger partial charge in [-0.25, -0.2) is 9.97 Å². The number of fused-ring (bicyclic) bond motifs is 1. The Labute approximate surface area is 93.7 Å². The largest absolute Gasteiger partial charge is 0.357 e. The molecule has 0 radical (unpaired) electrons. The third kappa shape index (κ3) is 2.27. The van der Waals surface area contributed by atoms with Crippen LogP contribution in [0.4, 0.5) is 11.5 Å². The second-order valence-electron chi connectivity index (χ2n) is 3.76. The average molecular weight is 221 g/mol. The van der Waals surface area contributed by atoms with E-state index in [1.54, 1.807) is 6.20 Å². The van der Waals surface area contributed by atoms with Crippen LogP contribution in [0, 0.1) is 0 Å². The number of nitrogens with two attached hydrogens (primary N) is 1. The van der Waals surface area contributed by atoms with E-state index in [9.17, 15) is 4.79 Å². The van der Waals surface area contributed by atoms with Crippen LogP contribution < -0.4 is 16.4 Å². The molecule has 0 fully saturated rings. The van der Waals surface area contributed by atoms with E-state index >= 15 is 0 Å². The number of hydrogen-bond acceptors (Lipinski definition) is 5. The molecule has 1 unspecified atom stereocenters. The molecule has 1 aromatic rings. The van der Waals surface area contributed by atoms with Crippen LogP contribution in [0.3, 0.4) is 0 Å².